The Kier molecular flexibility index (Phi) is 3.96. The van der Waals surface area contributed by atoms with Gasteiger partial charge >= 0.3 is 11.9 Å². The zero-order valence-electron chi connectivity index (χ0n) is 10.5. The van der Waals surface area contributed by atoms with E-state index < -0.39 is 11.9 Å². The van der Waals surface area contributed by atoms with Gasteiger partial charge in [-0.25, -0.2) is 14.6 Å². The van der Waals surface area contributed by atoms with Gasteiger partial charge < -0.3 is 19.5 Å². The summed E-state index contributed by atoms with van der Waals surface area (Å²) in [6.45, 7) is 2.46. The fourth-order valence-electron chi connectivity index (χ4n) is 1.86. The molecular weight excluding hydrogens is 252 g/mol. The maximum atomic E-state index is 11.6. The maximum Gasteiger partial charge on any atom is 0.338 e. The van der Waals surface area contributed by atoms with Crippen LogP contribution >= 0.6 is 0 Å². The number of hydrogen-bond donors (Lipinski definition) is 1. The Hall–Kier alpha value is -2.15. The van der Waals surface area contributed by atoms with Gasteiger partial charge in [0.1, 0.15) is 5.82 Å². The van der Waals surface area contributed by atoms with Gasteiger partial charge in [0.15, 0.2) is 0 Å². The molecule has 1 aliphatic rings. The summed E-state index contributed by atoms with van der Waals surface area (Å²) in [5.74, 6) is -1.34. The minimum absolute atomic E-state index is 0.00601. The lowest BCUT2D eigenvalue weighted by Crippen LogP contribution is -2.37. The van der Waals surface area contributed by atoms with Gasteiger partial charge in [-0.1, -0.05) is 0 Å². The lowest BCUT2D eigenvalue weighted by Gasteiger charge is -2.28. The molecule has 1 aromatic heterocycles. The van der Waals surface area contributed by atoms with Gasteiger partial charge in [0, 0.05) is 19.3 Å². The molecule has 0 aliphatic carbocycles. The van der Waals surface area contributed by atoms with Crippen LogP contribution in [0.15, 0.2) is 12.3 Å². The standard InChI is InChI=1S/C12H14N2O5/c1-18-12(17)8-6-10(13-7-9(8)11(15)16)14-2-4-19-5-3-14/h6-7H,2-5H2,1H3,(H,15,16). The minimum atomic E-state index is -1.21. The van der Waals surface area contributed by atoms with Crippen molar-refractivity contribution >= 4 is 17.8 Å². The number of morpholine rings is 1. The molecule has 1 saturated heterocycles. The van der Waals surface area contributed by atoms with Crippen LogP contribution in [0.4, 0.5) is 5.82 Å². The van der Waals surface area contributed by atoms with Crippen molar-refractivity contribution in [3.05, 3.63) is 23.4 Å². The fraction of sp³-hybridized carbons (Fsp3) is 0.417. The third-order valence-corrected chi connectivity index (χ3v) is 2.86. The van der Waals surface area contributed by atoms with Crippen LogP contribution in [0.5, 0.6) is 0 Å². The predicted molar refractivity (Wildman–Crippen MR) is 65.6 cm³/mol. The molecule has 2 rings (SSSR count). The number of carbonyl (C=O) groups excluding carboxylic acids is 1. The molecule has 0 radical (unpaired) electrons. The fourth-order valence-corrected chi connectivity index (χ4v) is 1.86. The molecule has 102 valence electrons. The molecule has 0 atom stereocenters. The molecule has 7 nitrogen and oxygen atoms in total. The molecule has 0 bridgehead atoms. The van der Waals surface area contributed by atoms with Crippen molar-refractivity contribution in [1.29, 1.82) is 0 Å². The van der Waals surface area contributed by atoms with Crippen molar-refractivity contribution in [2.45, 2.75) is 0 Å². The van der Waals surface area contributed by atoms with Crippen LogP contribution in [-0.4, -0.2) is 55.4 Å². The second-order valence-electron chi connectivity index (χ2n) is 3.98. The second-order valence-corrected chi connectivity index (χ2v) is 3.98. The van der Waals surface area contributed by atoms with E-state index in [4.69, 9.17) is 9.84 Å². The van der Waals surface area contributed by atoms with Gasteiger partial charge in [0.2, 0.25) is 0 Å². The molecule has 0 spiro atoms. The van der Waals surface area contributed by atoms with Gasteiger partial charge in [-0.05, 0) is 6.07 Å². The van der Waals surface area contributed by atoms with E-state index in [-0.39, 0.29) is 11.1 Å². The summed E-state index contributed by atoms with van der Waals surface area (Å²) in [7, 11) is 1.21. The summed E-state index contributed by atoms with van der Waals surface area (Å²) in [5.41, 5.74) is -0.157. The predicted octanol–water partition coefficient (Wildman–Crippen LogP) is 0.403. The molecule has 0 amide bonds. The van der Waals surface area contributed by atoms with Crippen molar-refractivity contribution in [2.75, 3.05) is 38.3 Å². The van der Waals surface area contributed by atoms with E-state index in [9.17, 15) is 9.59 Å². The van der Waals surface area contributed by atoms with Crippen molar-refractivity contribution in [3.8, 4) is 0 Å². The van der Waals surface area contributed by atoms with Gasteiger partial charge in [0.05, 0.1) is 31.5 Å². The van der Waals surface area contributed by atoms with Crippen LogP contribution in [0.25, 0.3) is 0 Å². The van der Waals surface area contributed by atoms with Crippen molar-refractivity contribution in [2.24, 2.45) is 0 Å². The van der Waals surface area contributed by atoms with E-state index in [1.54, 1.807) is 0 Å². The maximum absolute atomic E-state index is 11.6. The number of anilines is 1. The zero-order chi connectivity index (χ0) is 13.8. The Morgan fingerprint density at radius 1 is 1.37 bits per heavy atom. The highest BCUT2D eigenvalue weighted by atomic mass is 16.5. The lowest BCUT2D eigenvalue weighted by molar-refractivity contribution is 0.0582. The summed E-state index contributed by atoms with van der Waals surface area (Å²) in [4.78, 5) is 28.7. The average Bonchev–Trinajstić information content (AvgIpc) is 2.46. The molecule has 1 aliphatic heterocycles. The van der Waals surface area contributed by atoms with E-state index >= 15 is 0 Å². The summed E-state index contributed by atoms with van der Waals surface area (Å²) in [6.07, 6.45) is 1.18. The number of ether oxygens (including phenoxy) is 2. The second kappa shape index (κ2) is 5.66. The van der Waals surface area contributed by atoms with Crippen LogP contribution in [0, 0.1) is 0 Å². The quantitative estimate of drug-likeness (QED) is 0.792. The Morgan fingerprint density at radius 2 is 2.05 bits per heavy atom. The molecule has 19 heavy (non-hydrogen) atoms. The molecule has 0 aromatic carbocycles. The first-order valence-corrected chi connectivity index (χ1v) is 5.78. The summed E-state index contributed by atoms with van der Waals surface area (Å²) < 4.78 is 9.82. The molecule has 7 heteroatoms. The first-order chi connectivity index (χ1) is 9.13. The lowest BCUT2D eigenvalue weighted by atomic mass is 10.1. The number of aromatic nitrogens is 1. The van der Waals surface area contributed by atoms with E-state index in [2.05, 4.69) is 9.72 Å². The number of rotatable bonds is 3. The Labute approximate surface area is 109 Å². The third-order valence-electron chi connectivity index (χ3n) is 2.86. The van der Waals surface area contributed by atoms with Gasteiger partial charge in [-0.15, -0.1) is 0 Å². The number of aromatic carboxylic acids is 1. The summed E-state index contributed by atoms with van der Waals surface area (Å²) >= 11 is 0. The third kappa shape index (κ3) is 2.82. The highest BCUT2D eigenvalue weighted by molar-refractivity contribution is 6.02. The highest BCUT2D eigenvalue weighted by Crippen LogP contribution is 2.18. The smallest absolute Gasteiger partial charge is 0.338 e. The van der Waals surface area contributed by atoms with Crippen molar-refractivity contribution < 1.29 is 24.2 Å². The number of hydrogen-bond acceptors (Lipinski definition) is 6. The number of methoxy groups -OCH3 is 1. The summed E-state index contributed by atoms with van der Waals surface area (Å²) in [6, 6.07) is 1.45. The van der Waals surface area contributed by atoms with Gasteiger partial charge in [-0.2, -0.15) is 0 Å². The SMILES string of the molecule is COC(=O)c1cc(N2CCOCC2)ncc1C(=O)O. The Balaban J connectivity index is 2.36. The van der Waals surface area contributed by atoms with E-state index in [0.29, 0.717) is 32.1 Å². The molecule has 2 heterocycles. The van der Waals surface area contributed by atoms with Crippen molar-refractivity contribution in [3.63, 3.8) is 0 Å². The molecule has 0 saturated carbocycles. The van der Waals surface area contributed by atoms with E-state index in [0.717, 1.165) is 0 Å². The number of carboxylic acid groups (broad SMARTS) is 1. The van der Waals surface area contributed by atoms with Crippen LogP contribution in [0.1, 0.15) is 20.7 Å². The molecule has 0 unspecified atom stereocenters. The number of carboxylic acids is 1. The van der Waals surface area contributed by atoms with E-state index in [1.165, 1.54) is 19.4 Å². The molecule has 1 fully saturated rings. The van der Waals surface area contributed by atoms with Crippen LogP contribution in [-0.2, 0) is 9.47 Å². The number of esters is 1. The van der Waals surface area contributed by atoms with Gasteiger partial charge in [0.25, 0.3) is 0 Å². The Morgan fingerprint density at radius 3 is 2.63 bits per heavy atom. The zero-order valence-corrected chi connectivity index (χ0v) is 10.5. The van der Waals surface area contributed by atoms with Crippen molar-refractivity contribution in [1.82, 2.24) is 4.98 Å². The first-order valence-electron chi connectivity index (χ1n) is 5.78. The first kappa shape index (κ1) is 13.3. The molecule has 1 aromatic rings. The molecule has 1 N–H and O–H groups in total. The number of nitrogens with zero attached hydrogens (tertiary/aromatic N) is 2. The van der Waals surface area contributed by atoms with Crippen LogP contribution < -0.4 is 4.90 Å². The highest BCUT2D eigenvalue weighted by Gasteiger charge is 2.21. The summed E-state index contributed by atoms with van der Waals surface area (Å²) in [5, 5.41) is 9.03. The normalized spacial score (nSPS) is 15.1. The minimum Gasteiger partial charge on any atom is -0.478 e. The molecular formula is C12H14N2O5. The number of carbonyl (C=O) groups is 2. The van der Waals surface area contributed by atoms with Crippen LogP contribution in [0.2, 0.25) is 0 Å². The monoisotopic (exact) mass is 266 g/mol. The topological polar surface area (TPSA) is 89.0 Å². The Bertz CT molecular complexity index is 497. The van der Waals surface area contributed by atoms with E-state index in [1.807, 2.05) is 4.90 Å². The average molecular weight is 266 g/mol. The van der Waals surface area contributed by atoms with Gasteiger partial charge in [-0.3, -0.25) is 0 Å². The largest absolute Gasteiger partial charge is 0.478 e. The number of pyridine rings is 1. The van der Waals surface area contributed by atoms with Crippen LogP contribution in [0.3, 0.4) is 0 Å².